The lowest BCUT2D eigenvalue weighted by Crippen LogP contribution is -2.18. The molecule has 0 saturated heterocycles. The number of nitrogens with zero attached hydrogens (tertiary/aromatic N) is 2. The molecule has 1 atom stereocenters. The fraction of sp³-hybridized carbons (Fsp3) is 0.174. The highest BCUT2D eigenvalue weighted by molar-refractivity contribution is 9.10. The van der Waals surface area contributed by atoms with Gasteiger partial charge in [-0.15, -0.1) is 0 Å². The number of hydrogen-bond acceptors (Lipinski definition) is 4. The molecule has 1 aliphatic heterocycles. The van der Waals surface area contributed by atoms with Crippen LogP contribution in [0.25, 0.3) is 0 Å². The summed E-state index contributed by atoms with van der Waals surface area (Å²) >= 11 is 3.68. The number of anilines is 1. The lowest BCUT2D eigenvalue weighted by molar-refractivity contribution is 0.414. The Kier molecular flexibility index (Phi) is 5.35. The number of para-hydroxylation sites is 1. The molecule has 0 radical (unpaired) electrons. The molecule has 3 aromatic carbocycles. The third-order valence-corrected chi connectivity index (χ3v) is 5.60. The van der Waals surface area contributed by atoms with E-state index in [1.165, 1.54) is 5.56 Å². The van der Waals surface area contributed by atoms with Gasteiger partial charge in [0.1, 0.15) is 11.5 Å². The zero-order chi connectivity index (χ0) is 19.5. The third-order valence-electron chi connectivity index (χ3n) is 4.93. The van der Waals surface area contributed by atoms with Gasteiger partial charge in [0.2, 0.25) is 0 Å². The van der Waals surface area contributed by atoms with Crippen molar-refractivity contribution in [3.8, 4) is 11.5 Å². The number of hydrazone groups is 1. The molecule has 1 aliphatic rings. The largest absolute Gasteiger partial charge is 0.497 e. The van der Waals surface area contributed by atoms with E-state index in [1.54, 1.807) is 14.2 Å². The van der Waals surface area contributed by atoms with Crippen LogP contribution >= 0.6 is 15.9 Å². The number of halogens is 1. The van der Waals surface area contributed by atoms with Crippen LogP contribution in [0, 0.1) is 0 Å². The van der Waals surface area contributed by atoms with E-state index in [0.717, 1.165) is 39.4 Å². The standard InChI is InChI=1S/C23H21BrN2O2/c1-27-18-11-7-16(8-12-18)21-15-23(17-9-13-19(28-2)14-10-17)26(25-21)22-6-4-3-5-20(22)24/h3-14,23H,15H2,1-2H3/t23-/m0/s1. The molecule has 0 saturated carbocycles. The highest BCUT2D eigenvalue weighted by Gasteiger charge is 2.30. The van der Waals surface area contributed by atoms with Gasteiger partial charge in [-0.05, 0) is 75.6 Å². The molecule has 0 N–H and O–H groups in total. The molecule has 1 heterocycles. The molecular weight excluding hydrogens is 416 g/mol. The summed E-state index contributed by atoms with van der Waals surface area (Å²) in [5.41, 5.74) is 4.41. The Bertz CT molecular complexity index is 984. The Balaban J connectivity index is 1.73. The van der Waals surface area contributed by atoms with E-state index in [1.807, 2.05) is 42.5 Å². The molecule has 4 rings (SSSR count). The average Bonchev–Trinajstić information content (AvgIpc) is 3.19. The summed E-state index contributed by atoms with van der Waals surface area (Å²) in [4.78, 5) is 0. The number of ether oxygens (including phenoxy) is 2. The van der Waals surface area contributed by atoms with Crippen LogP contribution in [0.1, 0.15) is 23.6 Å². The summed E-state index contributed by atoms with van der Waals surface area (Å²) in [6.45, 7) is 0. The molecular formula is C23H21BrN2O2. The van der Waals surface area contributed by atoms with Crippen LogP contribution in [0.4, 0.5) is 5.69 Å². The predicted molar refractivity (Wildman–Crippen MR) is 117 cm³/mol. The fourth-order valence-electron chi connectivity index (χ4n) is 3.41. The molecule has 3 aromatic rings. The van der Waals surface area contributed by atoms with E-state index < -0.39 is 0 Å². The van der Waals surface area contributed by atoms with Crippen molar-refractivity contribution in [1.82, 2.24) is 0 Å². The average molecular weight is 437 g/mol. The topological polar surface area (TPSA) is 34.1 Å². The van der Waals surface area contributed by atoms with Crippen molar-refractivity contribution >= 4 is 27.3 Å². The van der Waals surface area contributed by atoms with Crippen molar-refractivity contribution in [3.05, 3.63) is 88.4 Å². The number of rotatable bonds is 5. The van der Waals surface area contributed by atoms with Crippen LogP contribution in [0.2, 0.25) is 0 Å². The van der Waals surface area contributed by atoms with Gasteiger partial charge in [-0.25, -0.2) is 0 Å². The molecule has 28 heavy (non-hydrogen) atoms. The SMILES string of the molecule is COc1ccc(C2=NN(c3ccccc3Br)[C@H](c3ccc(OC)cc3)C2)cc1. The van der Waals surface area contributed by atoms with Crippen LogP contribution < -0.4 is 14.5 Å². The summed E-state index contributed by atoms with van der Waals surface area (Å²) < 4.78 is 11.6. The van der Waals surface area contributed by atoms with E-state index in [0.29, 0.717) is 0 Å². The summed E-state index contributed by atoms with van der Waals surface area (Å²) in [6.07, 6.45) is 0.819. The maximum atomic E-state index is 5.31. The van der Waals surface area contributed by atoms with Gasteiger partial charge in [0, 0.05) is 10.9 Å². The Hall–Kier alpha value is -2.79. The van der Waals surface area contributed by atoms with Gasteiger partial charge in [0.15, 0.2) is 0 Å². The maximum absolute atomic E-state index is 5.31. The molecule has 142 valence electrons. The van der Waals surface area contributed by atoms with Crippen molar-refractivity contribution in [2.75, 3.05) is 19.2 Å². The highest BCUT2D eigenvalue weighted by Crippen LogP contribution is 2.40. The fourth-order valence-corrected chi connectivity index (χ4v) is 3.88. The number of benzene rings is 3. The zero-order valence-corrected chi connectivity index (χ0v) is 17.4. The monoisotopic (exact) mass is 436 g/mol. The van der Waals surface area contributed by atoms with E-state index in [2.05, 4.69) is 51.3 Å². The van der Waals surface area contributed by atoms with Gasteiger partial charge in [-0.1, -0.05) is 24.3 Å². The minimum Gasteiger partial charge on any atom is -0.497 e. The first-order valence-electron chi connectivity index (χ1n) is 9.09. The van der Waals surface area contributed by atoms with E-state index in [4.69, 9.17) is 14.6 Å². The molecule has 0 bridgehead atoms. The lowest BCUT2D eigenvalue weighted by atomic mass is 9.98. The van der Waals surface area contributed by atoms with Crippen molar-refractivity contribution in [1.29, 1.82) is 0 Å². The first-order chi connectivity index (χ1) is 13.7. The molecule has 4 nitrogen and oxygen atoms in total. The Labute approximate surface area is 173 Å². The first-order valence-corrected chi connectivity index (χ1v) is 9.88. The van der Waals surface area contributed by atoms with Gasteiger partial charge >= 0.3 is 0 Å². The molecule has 0 unspecified atom stereocenters. The minimum absolute atomic E-state index is 0.113. The molecule has 0 spiro atoms. The highest BCUT2D eigenvalue weighted by atomic mass is 79.9. The Morgan fingerprint density at radius 1 is 0.857 bits per heavy atom. The van der Waals surface area contributed by atoms with Gasteiger partial charge < -0.3 is 9.47 Å². The summed E-state index contributed by atoms with van der Waals surface area (Å²) in [5.74, 6) is 1.70. The molecule has 0 fully saturated rings. The first kappa shape index (κ1) is 18.6. The van der Waals surface area contributed by atoms with Crippen molar-refractivity contribution in [2.45, 2.75) is 12.5 Å². The van der Waals surface area contributed by atoms with Crippen molar-refractivity contribution < 1.29 is 9.47 Å². The van der Waals surface area contributed by atoms with Crippen molar-refractivity contribution in [2.24, 2.45) is 5.10 Å². The second-order valence-electron chi connectivity index (χ2n) is 6.56. The normalized spacial score (nSPS) is 16.0. The van der Waals surface area contributed by atoms with Crippen LogP contribution in [0.3, 0.4) is 0 Å². The molecule has 0 amide bonds. The smallest absolute Gasteiger partial charge is 0.118 e. The Morgan fingerprint density at radius 3 is 2.07 bits per heavy atom. The summed E-state index contributed by atoms with van der Waals surface area (Å²) in [6, 6.07) is 24.6. The van der Waals surface area contributed by atoms with Gasteiger partial charge in [-0.2, -0.15) is 5.10 Å². The Morgan fingerprint density at radius 2 is 1.46 bits per heavy atom. The quantitative estimate of drug-likeness (QED) is 0.504. The number of methoxy groups -OCH3 is 2. The molecule has 0 aromatic heterocycles. The van der Waals surface area contributed by atoms with E-state index >= 15 is 0 Å². The second-order valence-corrected chi connectivity index (χ2v) is 7.42. The second kappa shape index (κ2) is 8.07. The van der Waals surface area contributed by atoms with E-state index in [-0.39, 0.29) is 6.04 Å². The zero-order valence-electron chi connectivity index (χ0n) is 15.8. The van der Waals surface area contributed by atoms with Gasteiger partial charge in [0.25, 0.3) is 0 Å². The van der Waals surface area contributed by atoms with Gasteiger partial charge in [-0.3, -0.25) is 5.01 Å². The third kappa shape index (κ3) is 3.62. The van der Waals surface area contributed by atoms with Gasteiger partial charge in [0.05, 0.1) is 31.7 Å². The maximum Gasteiger partial charge on any atom is 0.118 e. The summed E-state index contributed by atoms with van der Waals surface area (Å²) in [5, 5.41) is 7.10. The van der Waals surface area contributed by atoms with Crippen LogP contribution in [-0.2, 0) is 0 Å². The van der Waals surface area contributed by atoms with Crippen LogP contribution in [0.15, 0.2) is 82.4 Å². The summed E-state index contributed by atoms with van der Waals surface area (Å²) in [7, 11) is 3.36. The lowest BCUT2D eigenvalue weighted by Gasteiger charge is -2.25. The minimum atomic E-state index is 0.113. The van der Waals surface area contributed by atoms with Crippen LogP contribution in [0.5, 0.6) is 11.5 Å². The molecule has 5 heteroatoms. The van der Waals surface area contributed by atoms with E-state index in [9.17, 15) is 0 Å². The predicted octanol–water partition coefficient (Wildman–Crippen LogP) is 5.82. The van der Waals surface area contributed by atoms with Crippen molar-refractivity contribution in [3.63, 3.8) is 0 Å². The number of hydrogen-bond donors (Lipinski definition) is 0. The van der Waals surface area contributed by atoms with Crippen LogP contribution in [-0.4, -0.2) is 19.9 Å². The molecule has 0 aliphatic carbocycles.